The summed E-state index contributed by atoms with van der Waals surface area (Å²) < 4.78 is 6.92. The molecule has 8 heteroatoms. The molecule has 2 rings (SSSR count). The van der Waals surface area contributed by atoms with E-state index in [1.54, 1.807) is 49.0 Å². The zero-order chi connectivity index (χ0) is 16.1. The first-order valence-electron chi connectivity index (χ1n) is 6.37. The van der Waals surface area contributed by atoms with Crippen molar-refractivity contribution < 1.29 is 9.53 Å². The number of thioether (sulfide) groups is 1. The van der Waals surface area contributed by atoms with Crippen LogP contribution in [-0.4, -0.2) is 45.6 Å². The summed E-state index contributed by atoms with van der Waals surface area (Å²) in [4.78, 5) is 13.1. The van der Waals surface area contributed by atoms with Gasteiger partial charge in [-0.2, -0.15) is 0 Å². The van der Waals surface area contributed by atoms with Crippen LogP contribution in [0.1, 0.15) is 0 Å². The van der Waals surface area contributed by atoms with Gasteiger partial charge in [-0.25, -0.2) is 9.36 Å². The number of nitrogens with zero attached hydrogens (tertiary/aromatic N) is 4. The Balaban J connectivity index is 2.41. The number of amides is 1. The van der Waals surface area contributed by atoms with Crippen LogP contribution in [0.15, 0.2) is 42.1 Å². The molecule has 6 nitrogen and oxygen atoms in total. The Morgan fingerprint density at radius 3 is 2.68 bits per heavy atom. The Morgan fingerprint density at radius 1 is 1.41 bits per heavy atom. The molecule has 1 aromatic heterocycles. The van der Waals surface area contributed by atoms with E-state index in [0.717, 1.165) is 5.69 Å². The predicted octanol–water partition coefficient (Wildman–Crippen LogP) is 3.26. The Labute approximate surface area is 137 Å². The van der Waals surface area contributed by atoms with Crippen molar-refractivity contribution in [2.75, 3.05) is 19.8 Å². The highest BCUT2D eigenvalue weighted by atomic mass is 35.5. The van der Waals surface area contributed by atoms with Gasteiger partial charge in [-0.3, -0.25) is 0 Å². The molecule has 0 spiro atoms. The molecule has 0 atom stereocenters. The molecule has 0 saturated carbocycles. The number of halogens is 1. The number of carbonyl (C=O) groups is 1. The predicted molar refractivity (Wildman–Crippen MR) is 87.0 cm³/mol. The van der Waals surface area contributed by atoms with Crippen molar-refractivity contribution in [3.8, 4) is 11.7 Å². The molecule has 0 unspecified atom stereocenters. The van der Waals surface area contributed by atoms with Gasteiger partial charge in [0.25, 0.3) is 0 Å². The van der Waals surface area contributed by atoms with E-state index in [9.17, 15) is 4.79 Å². The number of benzene rings is 1. The molecule has 0 radical (unpaired) electrons. The number of aromatic nitrogens is 3. The van der Waals surface area contributed by atoms with E-state index in [2.05, 4.69) is 16.8 Å². The van der Waals surface area contributed by atoms with Gasteiger partial charge >= 0.3 is 12.1 Å². The standard InChI is InChI=1S/C14H15ClN4O2S/c1-4-9-22-13-17-16-12(21-14(20)18(2)3)19(13)11-7-5-10(15)6-8-11/h4-8H,1,9H2,2-3H3. The maximum absolute atomic E-state index is 11.8. The van der Waals surface area contributed by atoms with Crippen molar-refractivity contribution in [1.29, 1.82) is 0 Å². The second kappa shape index (κ2) is 7.33. The number of ether oxygens (including phenoxy) is 1. The molecule has 0 N–H and O–H groups in total. The first-order chi connectivity index (χ1) is 10.5. The van der Waals surface area contributed by atoms with Crippen molar-refractivity contribution in [2.24, 2.45) is 0 Å². The van der Waals surface area contributed by atoms with E-state index >= 15 is 0 Å². The molecule has 0 bridgehead atoms. The summed E-state index contributed by atoms with van der Waals surface area (Å²) in [5.74, 6) is 0.660. The van der Waals surface area contributed by atoms with E-state index < -0.39 is 6.09 Å². The van der Waals surface area contributed by atoms with E-state index in [-0.39, 0.29) is 6.01 Å². The molecule has 2 aromatic rings. The molecule has 0 fully saturated rings. The molecule has 1 amide bonds. The Kier molecular flexibility index (Phi) is 5.46. The van der Waals surface area contributed by atoms with Gasteiger partial charge < -0.3 is 9.64 Å². The number of rotatable bonds is 5. The van der Waals surface area contributed by atoms with Gasteiger partial charge in [-0.15, -0.1) is 11.7 Å². The highest BCUT2D eigenvalue weighted by Gasteiger charge is 2.19. The van der Waals surface area contributed by atoms with Gasteiger partial charge in [0.1, 0.15) is 0 Å². The van der Waals surface area contributed by atoms with Crippen molar-refractivity contribution >= 4 is 29.5 Å². The lowest BCUT2D eigenvalue weighted by Gasteiger charge is -2.12. The average Bonchev–Trinajstić information content (AvgIpc) is 2.88. The lowest BCUT2D eigenvalue weighted by molar-refractivity contribution is 0.166. The molecule has 1 heterocycles. The highest BCUT2D eigenvalue weighted by Crippen LogP contribution is 2.26. The van der Waals surface area contributed by atoms with Crippen LogP contribution in [0, 0.1) is 0 Å². The maximum Gasteiger partial charge on any atom is 0.417 e. The summed E-state index contributed by atoms with van der Waals surface area (Å²) >= 11 is 7.35. The summed E-state index contributed by atoms with van der Waals surface area (Å²) in [7, 11) is 3.19. The second-order valence-electron chi connectivity index (χ2n) is 4.44. The lowest BCUT2D eigenvalue weighted by atomic mass is 10.3. The third-order valence-corrected chi connectivity index (χ3v) is 3.74. The summed E-state index contributed by atoms with van der Waals surface area (Å²) in [5.41, 5.74) is 0.752. The number of hydrogen-bond acceptors (Lipinski definition) is 5. The quantitative estimate of drug-likeness (QED) is 0.618. The van der Waals surface area contributed by atoms with Crippen LogP contribution in [0.2, 0.25) is 5.02 Å². The summed E-state index contributed by atoms with van der Waals surface area (Å²) in [6.45, 7) is 3.68. The third kappa shape index (κ3) is 3.80. The fourth-order valence-corrected chi connectivity index (χ4v) is 2.33. The van der Waals surface area contributed by atoms with Gasteiger partial charge in [0, 0.05) is 24.9 Å². The average molecular weight is 339 g/mol. The van der Waals surface area contributed by atoms with Crippen molar-refractivity contribution in [3.63, 3.8) is 0 Å². The summed E-state index contributed by atoms with van der Waals surface area (Å²) in [5, 5.41) is 9.23. The summed E-state index contributed by atoms with van der Waals surface area (Å²) in [6, 6.07) is 7.20. The van der Waals surface area contributed by atoms with Crippen LogP contribution in [0.3, 0.4) is 0 Å². The van der Waals surface area contributed by atoms with E-state index in [1.165, 1.54) is 16.7 Å². The van der Waals surface area contributed by atoms with Crippen LogP contribution in [0.25, 0.3) is 5.69 Å². The third-order valence-electron chi connectivity index (χ3n) is 2.56. The van der Waals surface area contributed by atoms with Crippen molar-refractivity contribution in [2.45, 2.75) is 5.16 Å². The minimum atomic E-state index is -0.525. The number of carbonyl (C=O) groups excluding carboxylic acids is 1. The molecule has 0 saturated heterocycles. The highest BCUT2D eigenvalue weighted by molar-refractivity contribution is 7.99. The SMILES string of the molecule is C=CCSc1nnc(OC(=O)N(C)C)n1-c1ccc(Cl)cc1. The van der Waals surface area contributed by atoms with Gasteiger partial charge in [0.2, 0.25) is 0 Å². The monoisotopic (exact) mass is 338 g/mol. The number of hydrogen-bond donors (Lipinski definition) is 0. The minimum Gasteiger partial charge on any atom is -0.374 e. The second-order valence-corrected chi connectivity index (χ2v) is 5.86. The Morgan fingerprint density at radius 2 is 2.09 bits per heavy atom. The molecule has 0 aliphatic heterocycles. The van der Waals surface area contributed by atoms with E-state index in [0.29, 0.717) is 15.9 Å². The van der Waals surface area contributed by atoms with Crippen LogP contribution in [0.4, 0.5) is 4.79 Å². The normalized spacial score (nSPS) is 10.3. The van der Waals surface area contributed by atoms with Gasteiger partial charge in [-0.1, -0.05) is 34.5 Å². The maximum atomic E-state index is 11.8. The molecule has 116 valence electrons. The molecule has 0 aliphatic rings. The van der Waals surface area contributed by atoms with Crippen molar-refractivity contribution in [1.82, 2.24) is 19.7 Å². The Bertz CT molecular complexity index is 670. The van der Waals surface area contributed by atoms with Crippen LogP contribution in [0.5, 0.6) is 6.01 Å². The molecule has 22 heavy (non-hydrogen) atoms. The van der Waals surface area contributed by atoms with Crippen LogP contribution >= 0.6 is 23.4 Å². The van der Waals surface area contributed by atoms with Gasteiger partial charge in [0.05, 0.1) is 5.69 Å². The van der Waals surface area contributed by atoms with E-state index in [1.807, 2.05) is 0 Å². The molecule has 1 aromatic carbocycles. The first-order valence-corrected chi connectivity index (χ1v) is 7.73. The first kappa shape index (κ1) is 16.4. The molecular weight excluding hydrogens is 324 g/mol. The minimum absolute atomic E-state index is 0.104. The largest absolute Gasteiger partial charge is 0.417 e. The Hall–Kier alpha value is -1.99. The van der Waals surface area contributed by atoms with Crippen LogP contribution in [-0.2, 0) is 0 Å². The smallest absolute Gasteiger partial charge is 0.374 e. The lowest BCUT2D eigenvalue weighted by Crippen LogP contribution is -2.26. The fraction of sp³-hybridized carbons (Fsp3) is 0.214. The van der Waals surface area contributed by atoms with E-state index in [4.69, 9.17) is 16.3 Å². The zero-order valence-electron chi connectivity index (χ0n) is 12.2. The van der Waals surface area contributed by atoms with Crippen molar-refractivity contribution in [3.05, 3.63) is 41.9 Å². The zero-order valence-corrected chi connectivity index (χ0v) is 13.8. The van der Waals surface area contributed by atoms with Gasteiger partial charge in [0.15, 0.2) is 5.16 Å². The fourth-order valence-electron chi connectivity index (χ4n) is 1.53. The topological polar surface area (TPSA) is 60.3 Å². The van der Waals surface area contributed by atoms with Crippen LogP contribution < -0.4 is 4.74 Å². The molecular formula is C14H15ClN4O2S. The molecule has 0 aliphatic carbocycles. The summed E-state index contributed by atoms with van der Waals surface area (Å²) in [6.07, 6.45) is 1.24. The van der Waals surface area contributed by atoms with Gasteiger partial charge in [-0.05, 0) is 24.3 Å².